The molecule has 3 N–H and O–H groups in total. The van der Waals surface area contributed by atoms with E-state index in [1.165, 1.54) is 6.07 Å². The van der Waals surface area contributed by atoms with Crippen molar-refractivity contribution < 1.29 is 9.13 Å². The van der Waals surface area contributed by atoms with Crippen molar-refractivity contribution in [3.8, 4) is 0 Å². The first kappa shape index (κ1) is 16.3. The van der Waals surface area contributed by atoms with E-state index in [1.54, 1.807) is 6.07 Å². The molecule has 19 heavy (non-hydrogen) atoms. The van der Waals surface area contributed by atoms with Gasteiger partial charge in [-0.3, -0.25) is 0 Å². The Hall–Kier alpha value is -0.750. The number of nitrogens with two attached hydrogens (primary N) is 1. The Morgan fingerprint density at radius 1 is 1.58 bits per heavy atom. The van der Waals surface area contributed by atoms with Crippen LogP contribution in [0.25, 0.3) is 0 Å². The predicted molar refractivity (Wildman–Crippen MR) is 79.5 cm³/mol. The molecule has 0 bridgehead atoms. The van der Waals surface area contributed by atoms with E-state index in [2.05, 4.69) is 27.8 Å². The first-order valence-electron chi connectivity index (χ1n) is 6.15. The van der Waals surface area contributed by atoms with Gasteiger partial charge in [-0.2, -0.15) is 0 Å². The number of halogens is 2. The topological polar surface area (TPSA) is 47.3 Å². The zero-order chi connectivity index (χ0) is 14.3. The number of hydrogen-bond acceptors (Lipinski definition) is 3. The quantitative estimate of drug-likeness (QED) is 0.569. The fourth-order valence-electron chi connectivity index (χ4n) is 1.62. The van der Waals surface area contributed by atoms with E-state index >= 15 is 0 Å². The van der Waals surface area contributed by atoms with Gasteiger partial charge in [0.1, 0.15) is 5.82 Å². The lowest BCUT2D eigenvalue weighted by Crippen LogP contribution is -2.31. The van der Waals surface area contributed by atoms with Crippen molar-refractivity contribution in [2.75, 3.05) is 26.3 Å². The van der Waals surface area contributed by atoms with Crippen LogP contribution in [0.3, 0.4) is 0 Å². The van der Waals surface area contributed by atoms with Crippen LogP contribution < -0.4 is 11.1 Å². The van der Waals surface area contributed by atoms with E-state index in [9.17, 15) is 4.39 Å². The smallest absolute Gasteiger partial charge is 0.137 e. The molecule has 0 aliphatic carbocycles. The molecule has 1 aromatic carbocycles. The highest BCUT2D eigenvalue weighted by Gasteiger charge is 2.10. The number of ether oxygens (including phenoxy) is 1. The van der Waals surface area contributed by atoms with Crippen LogP contribution in [0.4, 0.5) is 4.39 Å². The number of benzene rings is 1. The Morgan fingerprint density at radius 2 is 2.32 bits per heavy atom. The molecule has 106 valence electrons. The zero-order valence-corrected chi connectivity index (χ0v) is 12.7. The molecule has 0 saturated heterocycles. The number of hydrogen-bond donors (Lipinski definition) is 2. The summed E-state index contributed by atoms with van der Waals surface area (Å²) in [7, 11) is 0. The van der Waals surface area contributed by atoms with Crippen molar-refractivity contribution in [2.24, 2.45) is 5.73 Å². The summed E-state index contributed by atoms with van der Waals surface area (Å²) < 4.78 is 19.3. The van der Waals surface area contributed by atoms with Gasteiger partial charge in [0.05, 0.1) is 17.7 Å². The van der Waals surface area contributed by atoms with Crippen LogP contribution in [0.5, 0.6) is 0 Å². The van der Waals surface area contributed by atoms with E-state index < -0.39 is 0 Å². The molecular formula is C14H20BrFN2O. The average Bonchev–Trinajstić information content (AvgIpc) is 2.37. The van der Waals surface area contributed by atoms with Crippen LogP contribution in [0, 0.1) is 5.82 Å². The Balaban J connectivity index is 2.44. The van der Waals surface area contributed by atoms with Gasteiger partial charge in [-0.1, -0.05) is 18.2 Å². The molecule has 1 atom stereocenters. The second-order valence-electron chi connectivity index (χ2n) is 4.43. The van der Waals surface area contributed by atoms with Crippen LogP contribution in [0.15, 0.2) is 34.8 Å². The van der Waals surface area contributed by atoms with Crippen molar-refractivity contribution in [1.29, 1.82) is 0 Å². The van der Waals surface area contributed by atoms with Crippen LogP contribution >= 0.6 is 15.9 Å². The van der Waals surface area contributed by atoms with E-state index in [0.717, 1.165) is 11.1 Å². The minimum Gasteiger partial charge on any atom is -0.376 e. The normalized spacial score (nSPS) is 12.4. The van der Waals surface area contributed by atoms with Gasteiger partial charge >= 0.3 is 0 Å². The molecule has 1 aromatic rings. The summed E-state index contributed by atoms with van der Waals surface area (Å²) in [6, 6.07) is 4.96. The maximum absolute atomic E-state index is 13.5. The summed E-state index contributed by atoms with van der Waals surface area (Å²) in [5, 5.41) is 3.24. The average molecular weight is 331 g/mol. The van der Waals surface area contributed by atoms with Gasteiger partial charge in [0.25, 0.3) is 0 Å². The second kappa shape index (κ2) is 8.43. The molecule has 0 heterocycles. The molecule has 0 aliphatic heterocycles. The third kappa shape index (κ3) is 5.82. The lowest BCUT2D eigenvalue weighted by Gasteiger charge is -2.17. The van der Waals surface area contributed by atoms with E-state index in [4.69, 9.17) is 10.5 Å². The number of nitrogens with one attached hydrogen (secondary N) is 1. The Morgan fingerprint density at radius 3 is 2.89 bits per heavy atom. The molecule has 3 nitrogen and oxygen atoms in total. The fraction of sp³-hybridized carbons (Fsp3) is 0.429. The maximum atomic E-state index is 13.5. The molecule has 0 fully saturated rings. The van der Waals surface area contributed by atoms with Crippen LogP contribution in [-0.2, 0) is 4.74 Å². The fourth-order valence-corrected chi connectivity index (χ4v) is 1.86. The first-order chi connectivity index (χ1) is 9.04. The van der Waals surface area contributed by atoms with Gasteiger partial charge in [0.2, 0.25) is 0 Å². The van der Waals surface area contributed by atoms with Gasteiger partial charge in [0, 0.05) is 19.1 Å². The molecule has 0 saturated carbocycles. The molecular weight excluding hydrogens is 311 g/mol. The predicted octanol–water partition coefficient (Wildman–Crippen LogP) is 2.77. The van der Waals surface area contributed by atoms with Gasteiger partial charge in [-0.15, -0.1) is 0 Å². The molecule has 1 rings (SSSR count). The highest BCUT2D eigenvalue weighted by Crippen LogP contribution is 2.20. The summed E-state index contributed by atoms with van der Waals surface area (Å²) in [6.45, 7) is 7.87. The van der Waals surface area contributed by atoms with Crippen molar-refractivity contribution in [1.82, 2.24) is 5.32 Å². The van der Waals surface area contributed by atoms with Crippen LogP contribution in [-0.4, -0.2) is 26.3 Å². The van der Waals surface area contributed by atoms with Crippen LogP contribution in [0.2, 0.25) is 0 Å². The van der Waals surface area contributed by atoms with Gasteiger partial charge in [-0.25, -0.2) is 4.39 Å². The molecule has 0 spiro atoms. The second-order valence-corrected chi connectivity index (χ2v) is 5.28. The minimum atomic E-state index is -0.281. The highest BCUT2D eigenvalue weighted by atomic mass is 79.9. The molecule has 0 amide bonds. The lowest BCUT2D eigenvalue weighted by molar-refractivity contribution is 0.155. The highest BCUT2D eigenvalue weighted by molar-refractivity contribution is 9.10. The summed E-state index contributed by atoms with van der Waals surface area (Å²) in [5.41, 5.74) is 7.53. The number of rotatable bonds is 8. The molecule has 5 heteroatoms. The molecule has 0 aromatic heterocycles. The largest absolute Gasteiger partial charge is 0.376 e. The van der Waals surface area contributed by atoms with Gasteiger partial charge in [-0.05, 0) is 40.5 Å². The summed E-state index contributed by atoms with van der Waals surface area (Å²) in [4.78, 5) is 0. The molecule has 0 radical (unpaired) electrons. The Kier molecular flexibility index (Phi) is 7.23. The van der Waals surface area contributed by atoms with Crippen molar-refractivity contribution in [3.05, 3.63) is 46.2 Å². The minimum absolute atomic E-state index is 0.0731. The lowest BCUT2D eigenvalue weighted by atomic mass is 10.1. The van der Waals surface area contributed by atoms with Crippen molar-refractivity contribution >= 4 is 15.9 Å². The van der Waals surface area contributed by atoms with Crippen molar-refractivity contribution in [3.63, 3.8) is 0 Å². The van der Waals surface area contributed by atoms with E-state index in [1.807, 2.05) is 13.0 Å². The van der Waals surface area contributed by atoms with Crippen molar-refractivity contribution in [2.45, 2.75) is 13.0 Å². The monoisotopic (exact) mass is 330 g/mol. The van der Waals surface area contributed by atoms with Crippen LogP contribution in [0.1, 0.15) is 18.5 Å². The maximum Gasteiger partial charge on any atom is 0.137 e. The third-order valence-corrected chi connectivity index (χ3v) is 3.21. The first-order valence-corrected chi connectivity index (χ1v) is 6.94. The molecule has 1 unspecified atom stereocenters. The third-order valence-electron chi connectivity index (χ3n) is 2.57. The SMILES string of the molecule is C=C(C)COCCNC(CN)c1ccc(Br)c(F)c1. The van der Waals surface area contributed by atoms with Gasteiger partial charge < -0.3 is 15.8 Å². The summed E-state index contributed by atoms with van der Waals surface area (Å²) >= 11 is 3.13. The Bertz CT molecular complexity index is 426. The van der Waals surface area contributed by atoms with E-state index in [0.29, 0.717) is 30.8 Å². The summed E-state index contributed by atoms with van der Waals surface area (Å²) in [5.74, 6) is -0.281. The standard InChI is InChI=1S/C14H20BrFN2O/c1-10(2)9-19-6-5-18-14(8-17)11-3-4-12(15)13(16)7-11/h3-4,7,14,18H,1,5-6,8-9,17H2,2H3. The van der Waals surface area contributed by atoms with Gasteiger partial charge in [0.15, 0.2) is 0 Å². The van der Waals surface area contributed by atoms with E-state index in [-0.39, 0.29) is 11.9 Å². The molecule has 0 aliphatic rings. The Labute approximate surface area is 122 Å². The summed E-state index contributed by atoms with van der Waals surface area (Å²) in [6.07, 6.45) is 0. The zero-order valence-electron chi connectivity index (χ0n) is 11.1.